The van der Waals surface area contributed by atoms with Crippen LogP contribution in [0.5, 0.6) is 0 Å². The summed E-state index contributed by atoms with van der Waals surface area (Å²) in [6, 6.07) is 7.53. The van der Waals surface area contributed by atoms with Crippen molar-refractivity contribution in [2.24, 2.45) is 11.8 Å². The fourth-order valence-electron chi connectivity index (χ4n) is 8.94. The Hall–Kier alpha value is -3.66. The zero-order valence-electron chi connectivity index (χ0n) is 40.3. The van der Waals surface area contributed by atoms with Gasteiger partial charge in [0.2, 0.25) is 0 Å². The smallest absolute Gasteiger partial charge is 0.332 e. The average molecular weight is 923 g/mol. The van der Waals surface area contributed by atoms with Crippen molar-refractivity contribution in [1.29, 1.82) is 0 Å². The molecule has 370 valence electrons. The molecule has 0 atom stereocenters. The predicted octanol–water partition coefficient (Wildman–Crippen LogP) is 9.29. The van der Waals surface area contributed by atoms with E-state index in [2.05, 4.69) is 11.9 Å². The first kappa shape index (κ1) is 53.3. The summed E-state index contributed by atoms with van der Waals surface area (Å²) in [5.74, 6) is 0.809. The Morgan fingerprint density at radius 2 is 1.05 bits per heavy atom. The summed E-state index contributed by atoms with van der Waals surface area (Å²) in [4.78, 5) is 48.2. The van der Waals surface area contributed by atoms with Crippen LogP contribution in [0, 0.1) is 11.8 Å². The number of aromatic amines is 1. The second-order valence-corrected chi connectivity index (χ2v) is 18.1. The van der Waals surface area contributed by atoms with E-state index in [-0.39, 0.29) is 24.5 Å². The summed E-state index contributed by atoms with van der Waals surface area (Å²) < 4.78 is 41.9. The number of aromatic nitrogens is 4. The van der Waals surface area contributed by atoms with Gasteiger partial charge in [-0.05, 0) is 55.6 Å². The van der Waals surface area contributed by atoms with E-state index in [1.165, 1.54) is 94.1 Å². The highest BCUT2D eigenvalue weighted by molar-refractivity contribution is 5.87. The molecular weight excluding hydrogens is 841 g/mol. The lowest BCUT2D eigenvalue weighted by molar-refractivity contribution is -0.139. The highest BCUT2D eigenvalue weighted by Gasteiger charge is 2.24. The molecule has 66 heavy (non-hydrogen) atoms. The molecule has 5 rings (SSSR count). The number of esters is 1. The molecule has 2 heterocycles. The van der Waals surface area contributed by atoms with Gasteiger partial charge in [-0.15, -0.1) is 0 Å². The van der Waals surface area contributed by atoms with Crippen LogP contribution >= 0.6 is 0 Å². The van der Waals surface area contributed by atoms with Crippen LogP contribution in [0.4, 0.5) is 0 Å². The SMILES string of the molecule is CCCCCCCCCCCCOCCOCCOCCOCCOCCOCCOC(=O)C=Cc1ccc(-c2nc3c([nH]2)c(=O)n(CC2CCCCC2)c(=O)n3CC2CCCCC2)cc1. The summed E-state index contributed by atoms with van der Waals surface area (Å²) in [5, 5.41) is 0. The van der Waals surface area contributed by atoms with E-state index in [4.69, 9.17) is 38.1 Å². The van der Waals surface area contributed by atoms with Crippen LogP contribution < -0.4 is 11.2 Å². The maximum atomic E-state index is 13.9. The first-order valence-electron chi connectivity index (χ1n) is 25.7. The number of carbonyl (C=O) groups excluding carboxylic acids is 1. The maximum Gasteiger partial charge on any atom is 0.332 e. The van der Waals surface area contributed by atoms with Gasteiger partial charge in [0.05, 0.1) is 72.7 Å². The molecule has 0 spiro atoms. The van der Waals surface area contributed by atoms with Crippen molar-refractivity contribution in [1.82, 2.24) is 19.1 Å². The van der Waals surface area contributed by atoms with Crippen molar-refractivity contribution < 1.29 is 38.0 Å². The third kappa shape index (κ3) is 20.3. The standard InChI is InChI=1S/C52H82N4O10/c1-2-3-4-5-6-7-8-9-10-17-28-60-29-30-61-31-32-62-33-34-63-35-36-64-37-38-65-39-40-66-47(57)27-24-43-22-25-46(26-23-43)49-53-48-50(54-49)55(41-44-18-13-11-14-19-44)52(59)56(51(48)58)42-45-20-15-12-16-21-45/h22-27,44-45H,2-21,28-42H2,1H3,(H,53,54). The Balaban J connectivity index is 0.864. The molecule has 0 unspecified atom stereocenters. The van der Waals surface area contributed by atoms with Crippen LogP contribution in [0.2, 0.25) is 0 Å². The average Bonchev–Trinajstić information content (AvgIpc) is 3.80. The van der Waals surface area contributed by atoms with E-state index in [0.717, 1.165) is 62.7 Å². The van der Waals surface area contributed by atoms with Crippen molar-refractivity contribution in [2.45, 2.75) is 148 Å². The maximum absolute atomic E-state index is 13.9. The third-order valence-electron chi connectivity index (χ3n) is 12.8. The van der Waals surface area contributed by atoms with E-state index in [0.29, 0.717) is 108 Å². The highest BCUT2D eigenvalue weighted by Crippen LogP contribution is 2.27. The third-order valence-corrected chi connectivity index (χ3v) is 12.8. The topological polar surface area (TPSA) is 154 Å². The van der Waals surface area contributed by atoms with Gasteiger partial charge >= 0.3 is 11.7 Å². The number of H-pyrrole nitrogens is 1. The Labute approximate surface area is 393 Å². The number of unbranched alkanes of at least 4 members (excludes halogenated alkanes) is 9. The lowest BCUT2D eigenvalue weighted by Crippen LogP contribution is -2.42. The highest BCUT2D eigenvalue weighted by atomic mass is 16.6. The minimum atomic E-state index is -0.468. The monoisotopic (exact) mass is 923 g/mol. The molecule has 2 aromatic heterocycles. The first-order valence-corrected chi connectivity index (χ1v) is 25.7. The van der Waals surface area contributed by atoms with E-state index in [1.807, 2.05) is 24.3 Å². The minimum Gasteiger partial charge on any atom is -0.460 e. The molecule has 2 saturated carbocycles. The van der Waals surface area contributed by atoms with Crippen LogP contribution in [0.1, 0.15) is 141 Å². The van der Waals surface area contributed by atoms with Gasteiger partial charge in [-0.2, -0.15) is 0 Å². The molecule has 0 saturated heterocycles. The van der Waals surface area contributed by atoms with Crippen LogP contribution in [0.25, 0.3) is 28.6 Å². The molecule has 1 N–H and O–H groups in total. The summed E-state index contributed by atoms with van der Waals surface area (Å²) in [6.45, 7) is 9.50. The normalized spacial score (nSPS) is 15.1. The van der Waals surface area contributed by atoms with Crippen LogP contribution in [0.3, 0.4) is 0 Å². The van der Waals surface area contributed by atoms with Crippen molar-refractivity contribution >= 4 is 23.2 Å². The lowest BCUT2D eigenvalue weighted by Gasteiger charge is -2.24. The van der Waals surface area contributed by atoms with Gasteiger partial charge in [-0.1, -0.05) is 128 Å². The molecule has 3 aromatic rings. The number of fused-ring (bicyclic) bond motifs is 1. The molecule has 14 nitrogen and oxygen atoms in total. The van der Waals surface area contributed by atoms with Crippen LogP contribution in [0.15, 0.2) is 39.9 Å². The van der Waals surface area contributed by atoms with Gasteiger partial charge in [-0.25, -0.2) is 14.6 Å². The summed E-state index contributed by atoms with van der Waals surface area (Å²) in [5.41, 5.74) is 1.86. The quantitative estimate of drug-likeness (QED) is 0.0337. The van der Waals surface area contributed by atoms with Crippen molar-refractivity contribution in [3.63, 3.8) is 0 Å². The molecule has 14 heteroatoms. The molecule has 0 amide bonds. The number of hydrogen-bond donors (Lipinski definition) is 1. The summed E-state index contributed by atoms with van der Waals surface area (Å²) in [6.07, 6.45) is 27.7. The Morgan fingerprint density at radius 3 is 1.56 bits per heavy atom. The molecule has 0 bridgehead atoms. The summed E-state index contributed by atoms with van der Waals surface area (Å²) in [7, 11) is 0. The molecule has 2 aliphatic carbocycles. The summed E-state index contributed by atoms with van der Waals surface area (Å²) >= 11 is 0. The van der Waals surface area contributed by atoms with Gasteiger partial charge in [0.25, 0.3) is 5.56 Å². The number of hydrogen-bond acceptors (Lipinski definition) is 11. The van der Waals surface area contributed by atoms with Crippen molar-refractivity contribution in [2.75, 3.05) is 85.9 Å². The molecule has 0 radical (unpaired) electrons. The Kier molecular flexibility index (Phi) is 26.6. The Bertz CT molecular complexity index is 1900. The fourth-order valence-corrected chi connectivity index (χ4v) is 8.94. The number of rotatable bonds is 36. The molecular formula is C52H82N4O10. The second kappa shape index (κ2) is 32.9. The van der Waals surface area contributed by atoms with E-state index < -0.39 is 5.97 Å². The number of nitrogens with zero attached hydrogens (tertiary/aromatic N) is 3. The molecule has 2 aliphatic rings. The minimum absolute atomic E-state index is 0.129. The molecule has 0 aliphatic heterocycles. The molecule has 1 aromatic carbocycles. The fraction of sp³-hybridized carbons (Fsp3) is 0.731. The van der Waals surface area contributed by atoms with Crippen molar-refractivity contribution in [3.8, 4) is 11.4 Å². The zero-order valence-corrected chi connectivity index (χ0v) is 40.3. The number of ether oxygens (including phenoxy) is 7. The number of benzene rings is 1. The predicted molar refractivity (Wildman–Crippen MR) is 260 cm³/mol. The number of imidazole rings is 1. The largest absolute Gasteiger partial charge is 0.460 e. The van der Waals surface area contributed by atoms with E-state index in [1.54, 1.807) is 10.6 Å². The van der Waals surface area contributed by atoms with E-state index >= 15 is 0 Å². The molecule has 2 fully saturated rings. The van der Waals surface area contributed by atoms with Crippen LogP contribution in [-0.4, -0.2) is 111 Å². The van der Waals surface area contributed by atoms with Gasteiger partial charge in [0, 0.05) is 31.3 Å². The van der Waals surface area contributed by atoms with Gasteiger partial charge in [0.15, 0.2) is 5.65 Å². The second-order valence-electron chi connectivity index (χ2n) is 18.1. The van der Waals surface area contributed by atoms with Gasteiger partial charge < -0.3 is 38.1 Å². The number of nitrogens with one attached hydrogen (secondary N) is 1. The Morgan fingerprint density at radius 1 is 0.591 bits per heavy atom. The van der Waals surface area contributed by atoms with Gasteiger partial charge in [-0.3, -0.25) is 13.9 Å². The van der Waals surface area contributed by atoms with Crippen LogP contribution in [-0.2, 0) is 51.0 Å². The number of carbonyl (C=O) groups is 1. The zero-order chi connectivity index (χ0) is 46.3. The lowest BCUT2D eigenvalue weighted by atomic mass is 9.89. The van der Waals surface area contributed by atoms with Crippen molar-refractivity contribution in [3.05, 3.63) is 56.7 Å². The first-order chi connectivity index (χ1) is 32.5. The van der Waals surface area contributed by atoms with E-state index in [9.17, 15) is 14.4 Å². The van der Waals surface area contributed by atoms with Gasteiger partial charge in [0.1, 0.15) is 17.9 Å².